The number of nitrogens with one attached hydrogen (secondary N) is 1. The molecule has 0 saturated heterocycles. The third-order valence-electron chi connectivity index (χ3n) is 6.39. The van der Waals surface area contributed by atoms with Crippen molar-refractivity contribution in [2.75, 3.05) is 0 Å². The summed E-state index contributed by atoms with van der Waals surface area (Å²) in [4.78, 5) is 16.4. The Morgan fingerprint density at radius 1 is 1.21 bits per heavy atom. The molecule has 2 aliphatic rings. The first kappa shape index (κ1) is 20.2. The van der Waals surface area contributed by atoms with Gasteiger partial charge in [-0.1, -0.05) is 0 Å². The van der Waals surface area contributed by atoms with Gasteiger partial charge in [-0.2, -0.15) is 0 Å². The molecule has 2 fully saturated rings. The van der Waals surface area contributed by atoms with Crippen molar-refractivity contribution in [3.05, 3.63) is 41.8 Å². The van der Waals surface area contributed by atoms with Crippen LogP contribution in [0.1, 0.15) is 57.9 Å². The number of carbonyl (C=O) groups excluding carboxylic acids is 1. The Morgan fingerprint density at radius 3 is 2.66 bits per heavy atom. The molecule has 1 N–H and O–H groups in total. The van der Waals surface area contributed by atoms with Crippen LogP contribution in [0.25, 0.3) is 10.9 Å². The van der Waals surface area contributed by atoms with Crippen LogP contribution in [0.2, 0.25) is 0 Å². The van der Waals surface area contributed by atoms with E-state index in [1.54, 1.807) is 6.07 Å². The average Bonchev–Trinajstić information content (AvgIpc) is 3.10. The Labute approximate surface area is 169 Å². The maximum absolute atomic E-state index is 15.4. The van der Waals surface area contributed by atoms with Gasteiger partial charge in [0, 0.05) is 35.4 Å². The molecule has 0 aliphatic heterocycles. The molecule has 0 unspecified atom stereocenters. The number of aromatic nitrogens is 1. The van der Waals surface area contributed by atoms with Crippen molar-refractivity contribution in [1.29, 1.82) is 0 Å². The SMILES string of the molecule is CC(C)(C)NC(=O)C[C@H]1C[C@@H]2C[C@H](c3ccnc4ccc(F)cc34)C(F)(F)[C@@H]2C1. The maximum Gasteiger partial charge on any atom is 0.257 e. The fourth-order valence-corrected chi connectivity index (χ4v) is 5.37. The lowest BCUT2D eigenvalue weighted by Gasteiger charge is -2.26. The summed E-state index contributed by atoms with van der Waals surface area (Å²) in [6.45, 7) is 5.73. The largest absolute Gasteiger partial charge is 0.352 e. The van der Waals surface area contributed by atoms with Crippen LogP contribution in [-0.4, -0.2) is 22.4 Å². The van der Waals surface area contributed by atoms with E-state index in [0.29, 0.717) is 42.1 Å². The minimum absolute atomic E-state index is 0.00852. The third kappa shape index (κ3) is 3.86. The number of hydrogen-bond donors (Lipinski definition) is 1. The highest BCUT2D eigenvalue weighted by Gasteiger charge is 2.60. The van der Waals surface area contributed by atoms with E-state index in [9.17, 15) is 9.18 Å². The first-order valence-corrected chi connectivity index (χ1v) is 10.3. The molecule has 1 heterocycles. The van der Waals surface area contributed by atoms with Crippen LogP contribution in [0.5, 0.6) is 0 Å². The van der Waals surface area contributed by atoms with Gasteiger partial charge in [0.2, 0.25) is 5.91 Å². The second-order valence-electron chi connectivity index (χ2n) is 9.73. The Bertz CT molecular complexity index is 937. The van der Waals surface area contributed by atoms with E-state index in [-0.39, 0.29) is 23.3 Å². The van der Waals surface area contributed by atoms with E-state index in [1.165, 1.54) is 24.4 Å². The molecule has 2 aliphatic carbocycles. The van der Waals surface area contributed by atoms with Gasteiger partial charge in [-0.05, 0) is 81.7 Å². The molecule has 0 radical (unpaired) electrons. The number of halogens is 3. The van der Waals surface area contributed by atoms with Crippen molar-refractivity contribution in [2.45, 2.75) is 63.8 Å². The molecule has 1 amide bonds. The molecule has 1 aromatic carbocycles. The number of fused-ring (bicyclic) bond motifs is 2. The lowest BCUT2D eigenvalue weighted by atomic mass is 9.87. The molecule has 4 atom stereocenters. The summed E-state index contributed by atoms with van der Waals surface area (Å²) in [7, 11) is 0. The molecule has 2 aromatic rings. The van der Waals surface area contributed by atoms with Crippen LogP contribution >= 0.6 is 0 Å². The van der Waals surface area contributed by atoms with E-state index >= 15 is 8.78 Å². The lowest BCUT2D eigenvalue weighted by Crippen LogP contribution is -2.41. The fraction of sp³-hybridized carbons (Fsp3) is 0.565. The first-order valence-electron chi connectivity index (χ1n) is 10.3. The molecule has 29 heavy (non-hydrogen) atoms. The molecular formula is C23H27F3N2O. The maximum atomic E-state index is 15.4. The predicted octanol–water partition coefficient (Wildman–Crippen LogP) is 5.44. The molecule has 0 spiro atoms. The highest BCUT2D eigenvalue weighted by Crippen LogP contribution is 2.61. The number of amides is 1. The zero-order valence-electron chi connectivity index (χ0n) is 17.0. The van der Waals surface area contributed by atoms with Crippen LogP contribution in [-0.2, 0) is 4.79 Å². The van der Waals surface area contributed by atoms with E-state index in [2.05, 4.69) is 10.3 Å². The summed E-state index contributed by atoms with van der Waals surface area (Å²) >= 11 is 0. The molecule has 2 saturated carbocycles. The number of hydrogen-bond acceptors (Lipinski definition) is 2. The smallest absolute Gasteiger partial charge is 0.257 e. The molecule has 6 heteroatoms. The number of nitrogens with zero attached hydrogens (tertiary/aromatic N) is 1. The van der Waals surface area contributed by atoms with Crippen LogP contribution in [0.15, 0.2) is 30.5 Å². The van der Waals surface area contributed by atoms with Crippen molar-refractivity contribution in [3.8, 4) is 0 Å². The highest BCUT2D eigenvalue weighted by molar-refractivity contribution is 5.82. The van der Waals surface area contributed by atoms with Crippen LogP contribution in [0.3, 0.4) is 0 Å². The van der Waals surface area contributed by atoms with Crippen molar-refractivity contribution >= 4 is 16.8 Å². The quantitative estimate of drug-likeness (QED) is 0.740. The van der Waals surface area contributed by atoms with Gasteiger partial charge in [0.1, 0.15) is 5.82 Å². The van der Waals surface area contributed by atoms with Crippen molar-refractivity contribution in [3.63, 3.8) is 0 Å². The number of pyridine rings is 1. The van der Waals surface area contributed by atoms with Crippen molar-refractivity contribution in [2.24, 2.45) is 17.8 Å². The van der Waals surface area contributed by atoms with Crippen LogP contribution in [0.4, 0.5) is 13.2 Å². The van der Waals surface area contributed by atoms with Gasteiger partial charge >= 0.3 is 0 Å². The molecule has 0 bridgehead atoms. The summed E-state index contributed by atoms with van der Waals surface area (Å²) in [5.41, 5.74) is 0.697. The minimum atomic E-state index is -2.87. The topological polar surface area (TPSA) is 42.0 Å². The van der Waals surface area contributed by atoms with Gasteiger partial charge in [0.25, 0.3) is 5.92 Å². The minimum Gasteiger partial charge on any atom is -0.352 e. The van der Waals surface area contributed by atoms with Crippen molar-refractivity contribution in [1.82, 2.24) is 10.3 Å². The van der Waals surface area contributed by atoms with Crippen LogP contribution in [0, 0.1) is 23.6 Å². The number of alkyl halides is 2. The number of benzene rings is 1. The highest BCUT2D eigenvalue weighted by atomic mass is 19.3. The fourth-order valence-electron chi connectivity index (χ4n) is 5.37. The van der Waals surface area contributed by atoms with Gasteiger partial charge in [-0.3, -0.25) is 9.78 Å². The summed E-state index contributed by atoms with van der Waals surface area (Å²) in [5, 5.41) is 3.39. The van der Waals surface area contributed by atoms with Crippen LogP contribution < -0.4 is 5.32 Å². The first-order chi connectivity index (χ1) is 13.5. The Hall–Kier alpha value is -2.11. The van der Waals surface area contributed by atoms with Gasteiger partial charge in [0.15, 0.2) is 0 Å². The number of rotatable bonds is 3. The predicted molar refractivity (Wildman–Crippen MR) is 106 cm³/mol. The van der Waals surface area contributed by atoms with E-state index in [4.69, 9.17) is 0 Å². The second-order valence-corrected chi connectivity index (χ2v) is 9.73. The van der Waals surface area contributed by atoms with E-state index in [1.807, 2.05) is 20.8 Å². The molecule has 3 nitrogen and oxygen atoms in total. The normalized spacial score (nSPS) is 28.5. The Morgan fingerprint density at radius 2 is 1.97 bits per heavy atom. The Balaban J connectivity index is 1.53. The molecular weight excluding hydrogens is 377 g/mol. The monoisotopic (exact) mass is 404 g/mol. The molecule has 156 valence electrons. The van der Waals surface area contributed by atoms with Gasteiger partial charge < -0.3 is 5.32 Å². The summed E-state index contributed by atoms with van der Waals surface area (Å²) in [6, 6.07) is 5.75. The lowest BCUT2D eigenvalue weighted by molar-refractivity contribution is -0.123. The average molecular weight is 404 g/mol. The zero-order valence-corrected chi connectivity index (χ0v) is 17.0. The van der Waals surface area contributed by atoms with Crippen molar-refractivity contribution < 1.29 is 18.0 Å². The standard InChI is InChI=1S/C23H27F3N2O/c1-22(2,3)28-21(29)10-13-8-14-11-19(23(25,26)18(14)9-13)16-6-7-27-20-5-4-15(24)12-17(16)20/h4-7,12-14,18-19H,8-11H2,1-3H3,(H,28,29)/t13-,14+,18+,19+/m0/s1. The molecule has 4 rings (SSSR count). The van der Waals surface area contributed by atoms with E-state index in [0.717, 1.165) is 0 Å². The molecule has 1 aromatic heterocycles. The van der Waals surface area contributed by atoms with Gasteiger partial charge in [0.05, 0.1) is 5.52 Å². The van der Waals surface area contributed by atoms with Gasteiger partial charge in [-0.25, -0.2) is 13.2 Å². The summed E-state index contributed by atoms with van der Waals surface area (Å²) < 4.78 is 44.7. The zero-order chi connectivity index (χ0) is 21.0. The van der Waals surface area contributed by atoms with E-state index < -0.39 is 23.6 Å². The van der Waals surface area contributed by atoms with Gasteiger partial charge in [-0.15, -0.1) is 0 Å². The second kappa shape index (κ2) is 6.99. The summed E-state index contributed by atoms with van der Waals surface area (Å²) in [5.74, 6) is -5.17. The third-order valence-corrected chi connectivity index (χ3v) is 6.39. The Kier molecular flexibility index (Phi) is 4.87. The number of carbonyl (C=O) groups is 1. The summed E-state index contributed by atoms with van der Waals surface area (Å²) in [6.07, 6.45) is 3.20.